The van der Waals surface area contributed by atoms with E-state index in [-0.39, 0.29) is 0 Å². The zero-order valence-corrected chi connectivity index (χ0v) is 10.1. The van der Waals surface area contributed by atoms with Gasteiger partial charge in [-0.1, -0.05) is 32.6 Å². The predicted molar refractivity (Wildman–Crippen MR) is 63.1 cm³/mol. The maximum absolute atomic E-state index is 2.53. The van der Waals surface area contributed by atoms with Crippen molar-refractivity contribution >= 4 is 6.85 Å². The van der Waals surface area contributed by atoms with Gasteiger partial charge in [-0.3, -0.25) is 0 Å². The fraction of sp³-hybridized carbons (Fsp3) is 0.818. The summed E-state index contributed by atoms with van der Waals surface area (Å²) < 4.78 is 0. The third kappa shape index (κ3) is 3.45. The van der Waals surface area contributed by atoms with E-state index in [1.54, 1.807) is 0 Å². The van der Waals surface area contributed by atoms with E-state index in [4.69, 9.17) is 0 Å². The molecule has 0 saturated heterocycles. The summed E-state index contributed by atoms with van der Waals surface area (Å²) in [5, 5.41) is 0. The Morgan fingerprint density at radius 2 is 1.77 bits per heavy atom. The Labute approximate surface area is 84.3 Å². The summed E-state index contributed by atoms with van der Waals surface area (Å²) >= 11 is 0. The van der Waals surface area contributed by atoms with E-state index in [0.717, 1.165) is 0 Å². The lowest BCUT2D eigenvalue weighted by atomic mass is 9.54. The lowest BCUT2D eigenvalue weighted by molar-refractivity contribution is 0.435. The number of allylic oxidation sites excluding steroid dienone is 2. The van der Waals surface area contributed by atoms with E-state index < -0.39 is 0 Å². The average Bonchev–Trinajstić information content (AvgIpc) is 2.12. The molecule has 0 saturated carbocycles. The molecule has 0 fully saturated rings. The SMILES string of the molecule is C/C=C(\C)N(B(CC)CC)C(C)C. The number of hydrogen-bond acceptors (Lipinski definition) is 1. The Bertz CT molecular complexity index is 159. The molecule has 0 radical (unpaired) electrons. The van der Waals surface area contributed by atoms with Crippen LogP contribution in [0.5, 0.6) is 0 Å². The van der Waals surface area contributed by atoms with Crippen LogP contribution in [0.15, 0.2) is 11.8 Å². The molecule has 0 aliphatic heterocycles. The lowest BCUT2D eigenvalue weighted by Gasteiger charge is -2.35. The highest BCUT2D eigenvalue weighted by molar-refractivity contribution is 6.56. The van der Waals surface area contributed by atoms with Crippen molar-refractivity contribution in [2.24, 2.45) is 0 Å². The molecular weight excluding hydrogens is 157 g/mol. The first-order valence-electron chi connectivity index (χ1n) is 5.49. The number of nitrogens with zero attached hydrogens (tertiary/aromatic N) is 1. The van der Waals surface area contributed by atoms with Crippen LogP contribution in [0.4, 0.5) is 0 Å². The maximum atomic E-state index is 2.53. The molecule has 0 amide bonds. The molecule has 0 bridgehead atoms. The minimum Gasteiger partial charge on any atom is -0.416 e. The third-order valence-electron chi connectivity index (χ3n) is 2.72. The van der Waals surface area contributed by atoms with Crippen molar-refractivity contribution in [2.45, 2.75) is 60.2 Å². The molecule has 76 valence electrons. The Balaban J connectivity index is 4.58. The molecule has 0 aliphatic rings. The molecule has 13 heavy (non-hydrogen) atoms. The maximum Gasteiger partial charge on any atom is 0.253 e. The molecule has 0 unspecified atom stereocenters. The van der Waals surface area contributed by atoms with Gasteiger partial charge in [-0.2, -0.15) is 0 Å². The smallest absolute Gasteiger partial charge is 0.253 e. The first kappa shape index (κ1) is 12.6. The summed E-state index contributed by atoms with van der Waals surface area (Å²) in [7, 11) is 0. The van der Waals surface area contributed by atoms with Crippen LogP contribution in [0.2, 0.25) is 12.6 Å². The second kappa shape index (κ2) is 6.12. The fourth-order valence-electron chi connectivity index (χ4n) is 1.95. The highest BCUT2D eigenvalue weighted by Gasteiger charge is 2.21. The molecule has 1 nitrogen and oxygen atoms in total. The fourth-order valence-corrected chi connectivity index (χ4v) is 1.95. The van der Waals surface area contributed by atoms with Gasteiger partial charge in [-0.05, 0) is 33.4 Å². The summed E-state index contributed by atoms with van der Waals surface area (Å²) in [4.78, 5) is 2.53. The Hall–Kier alpha value is -0.395. The lowest BCUT2D eigenvalue weighted by Crippen LogP contribution is -2.41. The van der Waals surface area contributed by atoms with Crippen LogP contribution in [0.1, 0.15) is 41.5 Å². The predicted octanol–water partition coefficient (Wildman–Crippen LogP) is 3.65. The Morgan fingerprint density at radius 3 is 2.00 bits per heavy atom. The van der Waals surface area contributed by atoms with Gasteiger partial charge >= 0.3 is 0 Å². The summed E-state index contributed by atoms with van der Waals surface area (Å²) in [5.74, 6) is 0. The van der Waals surface area contributed by atoms with Crippen LogP contribution in [0.25, 0.3) is 0 Å². The highest BCUT2D eigenvalue weighted by Crippen LogP contribution is 2.16. The van der Waals surface area contributed by atoms with Crippen molar-refractivity contribution in [3.63, 3.8) is 0 Å². The van der Waals surface area contributed by atoms with Crippen molar-refractivity contribution in [1.29, 1.82) is 0 Å². The van der Waals surface area contributed by atoms with Gasteiger partial charge in [0.1, 0.15) is 0 Å². The van der Waals surface area contributed by atoms with E-state index >= 15 is 0 Å². The van der Waals surface area contributed by atoms with Gasteiger partial charge in [0.25, 0.3) is 6.85 Å². The van der Waals surface area contributed by atoms with E-state index in [0.29, 0.717) is 12.9 Å². The van der Waals surface area contributed by atoms with Gasteiger partial charge < -0.3 is 4.81 Å². The van der Waals surface area contributed by atoms with Gasteiger partial charge in [0.05, 0.1) is 0 Å². The van der Waals surface area contributed by atoms with Crippen molar-refractivity contribution < 1.29 is 0 Å². The molecule has 2 heteroatoms. The normalized spacial score (nSPS) is 12.1. The van der Waals surface area contributed by atoms with E-state index in [1.807, 2.05) is 0 Å². The quantitative estimate of drug-likeness (QED) is 0.585. The van der Waals surface area contributed by atoms with E-state index in [9.17, 15) is 0 Å². The molecule has 0 N–H and O–H groups in total. The van der Waals surface area contributed by atoms with Crippen molar-refractivity contribution in [2.75, 3.05) is 0 Å². The van der Waals surface area contributed by atoms with Crippen molar-refractivity contribution in [1.82, 2.24) is 4.81 Å². The number of hydrogen-bond donors (Lipinski definition) is 0. The molecule has 0 aromatic rings. The minimum atomic E-state index is 0.612. The zero-order chi connectivity index (χ0) is 10.4. The summed E-state index contributed by atoms with van der Waals surface area (Å²) in [6, 6.07) is 0.612. The first-order valence-corrected chi connectivity index (χ1v) is 5.49. The van der Waals surface area contributed by atoms with Gasteiger partial charge in [-0.15, -0.1) is 0 Å². The third-order valence-corrected chi connectivity index (χ3v) is 2.72. The largest absolute Gasteiger partial charge is 0.416 e. The van der Waals surface area contributed by atoms with Crippen LogP contribution in [0, 0.1) is 0 Å². The van der Waals surface area contributed by atoms with Gasteiger partial charge in [0.2, 0.25) is 0 Å². The zero-order valence-electron chi connectivity index (χ0n) is 10.1. The van der Waals surface area contributed by atoms with Gasteiger partial charge in [-0.25, -0.2) is 0 Å². The first-order chi connectivity index (χ1) is 6.08. The molecule has 0 spiro atoms. The molecular formula is C11H24BN. The number of rotatable bonds is 5. The highest BCUT2D eigenvalue weighted by atomic mass is 15.1. The van der Waals surface area contributed by atoms with E-state index in [1.165, 1.54) is 18.3 Å². The molecule has 0 rings (SSSR count). The van der Waals surface area contributed by atoms with Crippen LogP contribution in [-0.4, -0.2) is 17.7 Å². The molecule has 0 aliphatic carbocycles. The topological polar surface area (TPSA) is 3.24 Å². The minimum absolute atomic E-state index is 0.612. The molecule has 0 atom stereocenters. The second-order valence-corrected chi connectivity index (χ2v) is 3.90. The van der Waals surface area contributed by atoms with Crippen molar-refractivity contribution in [3.05, 3.63) is 11.8 Å². The Morgan fingerprint density at radius 1 is 1.31 bits per heavy atom. The summed E-state index contributed by atoms with van der Waals surface area (Å²) in [6.07, 6.45) is 4.68. The van der Waals surface area contributed by atoms with Crippen molar-refractivity contribution in [3.8, 4) is 0 Å². The van der Waals surface area contributed by atoms with E-state index in [2.05, 4.69) is 52.4 Å². The van der Waals surface area contributed by atoms with Gasteiger partial charge in [0, 0.05) is 6.04 Å². The van der Waals surface area contributed by atoms with Crippen LogP contribution in [0.3, 0.4) is 0 Å². The summed E-state index contributed by atoms with van der Waals surface area (Å²) in [5.41, 5.74) is 1.41. The second-order valence-electron chi connectivity index (χ2n) is 3.90. The average molecular weight is 181 g/mol. The van der Waals surface area contributed by atoms with Crippen LogP contribution >= 0.6 is 0 Å². The Kier molecular flexibility index (Phi) is 5.93. The van der Waals surface area contributed by atoms with Crippen LogP contribution in [-0.2, 0) is 0 Å². The van der Waals surface area contributed by atoms with Crippen LogP contribution < -0.4 is 0 Å². The summed E-state index contributed by atoms with van der Waals surface area (Å²) in [6.45, 7) is 14.1. The molecule has 0 aromatic heterocycles. The van der Waals surface area contributed by atoms with Gasteiger partial charge in [0.15, 0.2) is 0 Å². The monoisotopic (exact) mass is 181 g/mol. The molecule has 0 aromatic carbocycles. The standard InChI is InChI=1S/C11H24BN/c1-7-11(6)13(10(4)5)12(8-2)9-3/h7,10H,8-9H2,1-6H3/b11-7+. The molecule has 0 heterocycles.